The van der Waals surface area contributed by atoms with E-state index in [1.807, 2.05) is 29.0 Å². The first-order chi connectivity index (χ1) is 13.3. The van der Waals surface area contributed by atoms with Crippen molar-refractivity contribution in [1.82, 2.24) is 19.4 Å². The molecule has 2 fully saturated rings. The normalized spacial score (nSPS) is 24.3. The number of nitrogens with zero attached hydrogens (tertiary/aromatic N) is 4. The molecule has 7 heteroatoms. The third-order valence-electron chi connectivity index (χ3n) is 5.38. The van der Waals surface area contributed by atoms with E-state index in [9.17, 15) is 5.11 Å². The molecular formula is C20H28N4O3. The van der Waals surface area contributed by atoms with Crippen LogP contribution >= 0.6 is 0 Å². The van der Waals surface area contributed by atoms with Crippen LogP contribution in [0.4, 0.5) is 0 Å². The lowest BCUT2D eigenvalue weighted by atomic mass is 10.1. The third-order valence-corrected chi connectivity index (χ3v) is 5.38. The first-order valence-electron chi connectivity index (χ1n) is 9.68. The van der Waals surface area contributed by atoms with Gasteiger partial charge in [0.15, 0.2) is 0 Å². The number of aliphatic hydroxyl groups is 1. The Morgan fingerprint density at radius 2 is 2.04 bits per heavy atom. The fourth-order valence-corrected chi connectivity index (χ4v) is 3.94. The fraction of sp³-hybridized carbons (Fsp3) is 0.550. The second-order valence-corrected chi connectivity index (χ2v) is 7.23. The van der Waals surface area contributed by atoms with E-state index in [0.717, 1.165) is 57.3 Å². The minimum Gasteiger partial charge on any atom is -0.491 e. The number of aliphatic hydroxyl groups excluding tert-OH is 1. The van der Waals surface area contributed by atoms with Crippen LogP contribution in [0.15, 0.2) is 43.0 Å². The molecule has 2 aliphatic rings. The maximum Gasteiger partial charge on any atom is 0.123 e. The van der Waals surface area contributed by atoms with Gasteiger partial charge in [0.25, 0.3) is 0 Å². The van der Waals surface area contributed by atoms with Gasteiger partial charge in [-0.3, -0.25) is 9.80 Å². The van der Waals surface area contributed by atoms with Crippen LogP contribution in [0.25, 0.3) is 0 Å². The zero-order valence-electron chi connectivity index (χ0n) is 15.6. The Labute approximate surface area is 160 Å². The van der Waals surface area contributed by atoms with E-state index >= 15 is 0 Å². The zero-order chi connectivity index (χ0) is 18.5. The van der Waals surface area contributed by atoms with E-state index in [2.05, 4.69) is 20.9 Å². The Morgan fingerprint density at radius 3 is 2.85 bits per heavy atom. The molecule has 2 atom stereocenters. The van der Waals surface area contributed by atoms with Crippen molar-refractivity contribution in [1.29, 1.82) is 0 Å². The number of benzene rings is 1. The Hall–Kier alpha value is -1.93. The summed E-state index contributed by atoms with van der Waals surface area (Å²) in [7, 11) is 0. The van der Waals surface area contributed by atoms with E-state index in [0.29, 0.717) is 13.2 Å². The second kappa shape index (κ2) is 8.84. The highest BCUT2D eigenvalue weighted by Crippen LogP contribution is 2.24. The predicted octanol–water partition coefficient (Wildman–Crippen LogP) is 0.839. The Kier molecular flexibility index (Phi) is 6.03. The number of hydrogen-bond acceptors (Lipinski definition) is 6. The molecule has 2 aromatic rings. The summed E-state index contributed by atoms with van der Waals surface area (Å²) in [6, 6.07) is 8.38. The summed E-state index contributed by atoms with van der Waals surface area (Å²) in [6.45, 7) is 7.08. The highest BCUT2D eigenvalue weighted by Gasteiger charge is 2.36. The van der Waals surface area contributed by atoms with Crippen LogP contribution in [-0.2, 0) is 17.8 Å². The van der Waals surface area contributed by atoms with Crippen LogP contribution in [0.3, 0.4) is 0 Å². The summed E-state index contributed by atoms with van der Waals surface area (Å²) in [5.74, 6) is 0.918. The van der Waals surface area contributed by atoms with Crippen LogP contribution in [0.5, 0.6) is 5.75 Å². The lowest BCUT2D eigenvalue weighted by molar-refractivity contribution is -0.00618. The van der Waals surface area contributed by atoms with E-state index in [-0.39, 0.29) is 12.1 Å². The van der Waals surface area contributed by atoms with Crippen molar-refractivity contribution in [2.75, 3.05) is 46.0 Å². The number of rotatable bonds is 7. The second-order valence-electron chi connectivity index (χ2n) is 7.23. The van der Waals surface area contributed by atoms with Gasteiger partial charge in [-0.15, -0.1) is 0 Å². The molecule has 1 aromatic carbocycles. The first-order valence-corrected chi connectivity index (χ1v) is 9.68. The molecule has 3 heterocycles. The summed E-state index contributed by atoms with van der Waals surface area (Å²) < 4.78 is 13.5. The molecule has 0 aliphatic carbocycles. The Morgan fingerprint density at radius 1 is 1.19 bits per heavy atom. The Balaban J connectivity index is 1.33. The molecule has 0 spiro atoms. The first kappa shape index (κ1) is 18.4. The number of likely N-dealkylation sites (tertiary alicyclic amines) is 1. The van der Waals surface area contributed by atoms with Gasteiger partial charge in [-0.2, -0.15) is 0 Å². The van der Waals surface area contributed by atoms with Crippen LogP contribution in [0, 0.1) is 0 Å². The van der Waals surface area contributed by atoms with Crippen LogP contribution < -0.4 is 4.74 Å². The smallest absolute Gasteiger partial charge is 0.123 e. The van der Waals surface area contributed by atoms with Crippen molar-refractivity contribution in [3.63, 3.8) is 0 Å². The predicted molar refractivity (Wildman–Crippen MR) is 102 cm³/mol. The van der Waals surface area contributed by atoms with Gasteiger partial charge >= 0.3 is 0 Å². The molecule has 146 valence electrons. The fourth-order valence-electron chi connectivity index (χ4n) is 3.94. The third kappa shape index (κ3) is 4.68. The standard InChI is InChI=1S/C20H28N4O3/c25-19-15-23(14-18(19)24-8-10-26-11-9-24)13-17-3-1-2-4-20(17)27-12-7-22-6-5-21-16-22/h1-6,16,18-19,25H,7-15H2/t18-,19-/m0/s1. The molecule has 0 unspecified atom stereocenters. The number of imidazole rings is 1. The summed E-state index contributed by atoms with van der Waals surface area (Å²) in [5, 5.41) is 10.5. The van der Waals surface area contributed by atoms with Gasteiger partial charge in [0, 0.05) is 56.7 Å². The van der Waals surface area contributed by atoms with Gasteiger partial charge in [-0.05, 0) is 6.07 Å². The van der Waals surface area contributed by atoms with E-state index < -0.39 is 0 Å². The van der Waals surface area contributed by atoms with Gasteiger partial charge in [-0.25, -0.2) is 4.98 Å². The van der Waals surface area contributed by atoms with Crippen LogP contribution in [-0.4, -0.2) is 82.6 Å². The maximum atomic E-state index is 10.5. The molecule has 0 amide bonds. The number of ether oxygens (including phenoxy) is 2. The average molecular weight is 372 g/mol. The summed E-state index contributed by atoms with van der Waals surface area (Å²) in [4.78, 5) is 8.74. The molecule has 1 aromatic heterocycles. The number of aromatic nitrogens is 2. The zero-order valence-corrected chi connectivity index (χ0v) is 15.6. The topological polar surface area (TPSA) is 63.0 Å². The molecule has 1 N–H and O–H groups in total. The van der Waals surface area contributed by atoms with Crippen molar-refractivity contribution in [3.05, 3.63) is 48.5 Å². The maximum absolute atomic E-state index is 10.5. The molecule has 4 rings (SSSR count). The molecule has 0 bridgehead atoms. The van der Waals surface area contributed by atoms with Gasteiger partial charge in [0.05, 0.1) is 32.2 Å². The van der Waals surface area contributed by atoms with Crippen molar-refractivity contribution in [3.8, 4) is 5.75 Å². The summed E-state index contributed by atoms with van der Waals surface area (Å²) in [6.07, 6.45) is 5.20. The quantitative estimate of drug-likeness (QED) is 0.777. The average Bonchev–Trinajstić information content (AvgIpc) is 3.33. The van der Waals surface area contributed by atoms with Crippen molar-refractivity contribution >= 4 is 0 Å². The highest BCUT2D eigenvalue weighted by atomic mass is 16.5. The molecule has 0 saturated carbocycles. The summed E-state index contributed by atoms with van der Waals surface area (Å²) >= 11 is 0. The minimum atomic E-state index is -0.308. The number of morpholine rings is 1. The molecule has 27 heavy (non-hydrogen) atoms. The van der Waals surface area contributed by atoms with Gasteiger partial charge in [-0.1, -0.05) is 18.2 Å². The van der Waals surface area contributed by atoms with E-state index in [1.165, 1.54) is 0 Å². The molecule has 0 radical (unpaired) electrons. The van der Waals surface area contributed by atoms with Gasteiger partial charge < -0.3 is 19.1 Å². The number of β-amino-alcohol motifs (C(OH)–C–C–N with tert-alkyl or cyclic N) is 1. The number of para-hydroxylation sites is 1. The monoisotopic (exact) mass is 372 g/mol. The SMILES string of the molecule is O[C@H]1CN(Cc2ccccc2OCCn2ccnc2)C[C@@H]1N1CCOCC1. The van der Waals surface area contributed by atoms with Gasteiger partial charge in [0.2, 0.25) is 0 Å². The van der Waals surface area contributed by atoms with Gasteiger partial charge in [0.1, 0.15) is 12.4 Å². The summed E-state index contributed by atoms with van der Waals surface area (Å²) in [5.41, 5.74) is 1.16. The van der Waals surface area contributed by atoms with Crippen LogP contribution in [0.2, 0.25) is 0 Å². The molecule has 2 saturated heterocycles. The van der Waals surface area contributed by atoms with Crippen molar-refractivity contribution in [2.45, 2.75) is 25.2 Å². The lowest BCUT2D eigenvalue weighted by Gasteiger charge is -2.33. The Bertz CT molecular complexity index is 703. The van der Waals surface area contributed by atoms with E-state index in [4.69, 9.17) is 9.47 Å². The largest absolute Gasteiger partial charge is 0.491 e. The molecular weight excluding hydrogens is 344 g/mol. The molecule has 2 aliphatic heterocycles. The van der Waals surface area contributed by atoms with Crippen LogP contribution in [0.1, 0.15) is 5.56 Å². The highest BCUT2D eigenvalue weighted by molar-refractivity contribution is 5.33. The van der Waals surface area contributed by atoms with E-state index in [1.54, 1.807) is 12.5 Å². The lowest BCUT2D eigenvalue weighted by Crippen LogP contribution is -2.48. The van der Waals surface area contributed by atoms with Crippen molar-refractivity contribution < 1.29 is 14.6 Å². The number of hydrogen-bond donors (Lipinski definition) is 1. The molecule has 7 nitrogen and oxygen atoms in total. The minimum absolute atomic E-state index is 0.197. The van der Waals surface area contributed by atoms with Crippen molar-refractivity contribution in [2.24, 2.45) is 0 Å².